The molecule has 1 atom stereocenters. The molecule has 0 aromatic carbocycles. The Morgan fingerprint density at radius 3 is 2.48 bits per heavy atom. The molecule has 6 heteroatoms. The van der Waals surface area contributed by atoms with E-state index in [1.165, 1.54) is 0 Å². The summed E-state index contributed by atoms with van der Waals surface area (Å²) in [5.74, 6) is -3.53. The van der Waals surface area contributed by atoms with Crippen molar-refractivity contribution in [2.75, 3.05) is 19.7 Å². The molecule has 2 rings (SSSR count). The van der Waals surface area contributed by atoms with E-state index in [0.717, 1.165) is 12.8 Å². The molecule has 2 aliphatic rings. The number of hydrogen-bond acceptors (Lipinski definition) is 3. The van der Waals surface area contributed by atoms with E-state index in [1.54, 1.807) is 11.8 Å². The van der Waals surface area contributed by atoms with Crippen molar-refractivity contribution in [1.82, 2.24) is 4.90 Å². The fourth-order valence-electron chi connectivity index (χ4n) is 3.18. The Morgan fingerprint density at radius 1 is 1.19 bits per heavy atom. The van der Waals surface area contributed by atoms with E-state index in [2.05, 4.69) is 0 Å². The van der Waals surface area contributed by atoms with Crippen LogP contribution in [-0.2, 0) is 14.3 Å². The fourth-order valence-corrected chi connectivity index (χ4v) is 3.18. The summed E-state index contributed by atoms with van der Waals surface area (Å²) in [6.45, 7) is 3.07. The Bertz CT molecular complexity index is 390. The molecule has 1 saturated carbocycles. The number of esters is 1. The zero-order valence-corrected chi connectivity index (χ0v) is 12.4. The van der Waals surface area contributed by atoms with E-state index >= 15 is 0 Å². The average molecular weight is 303 g/mol. The molecule has 0 bridgehead atoms. The second-order valence-corrected chi connectivity index (χ2v) is 6.01. The fraction of sp³-hybridized carbons (Fsp3) is 0.867. The van der Waals surface area contributed by atoms with Gasteiger partial charge in [0.15, 0.2) is 0 Å². The minimum absolute atomic E-state index is 0.0699. The Kier molecular flexibility index (Phi) is 5.17. The number of carbonyl (C=O) groups excluding carboxylic acids is 2. The van der Waals surface area contributed by atoms with Crippen LogP contribution in [0.25, 0.3) is 0 Å². The van der Waals surface area contributed by atoms with Gasteiger partial charge >= 0.3 is 5.97 Å². The highest BCUT2D eigenvalue weighted by atomic mass is 19.3. The molecule has 0 radical (unpaired) electrons. The Morgan fingerprint density at radius 2 is 1.86 bits per heavy atom. The highest BCUT2D eigenvalue weighted by Gasteiger charge is 2.39. The van der Waals surface area contributed by atoms with Crippen molar-refractivity contribution in [3.05, 3.63) is 0 Å². The Balaban J connectivity index is 1.89. The number of likely N-dealkylation sites (tertiary alicyclic amines) is 1. The predicted molar refractivity (Wildman–Crippen MR) is 72.8 cm³/mol. The first-order chi connectivity index (χ1) is 9.93. The summed E-state index contributed by atoms with van der Waals surface area (Å²) in [6.07, 6.45) is 1.55. The van der Waals surface area contributed by atoms with E-state index < -0.39 is 5.92 Å². The zero-order valence-electron chi connectivity index (χ0n) is 12.4. The van der Waals surface area contributed by atoms with Crippen molar-refractivity contribution in [2.45, 2.75) is 51.4 Å². The lowest BCUT2D eigenvalue weighted by Crippen LogP contribution is -2.46. The van der Waals surface area contributed by atoms with Gasteiger partial charge in [0.25, 0.3) is 0 Å². The van der Waals surface area contributed by atoms with Crippen LogP contribution in [0.15, 0.2) is 0 Å². The Labute approximate surface area is 123 Å². The number of alkyl halides is 2. The number of carbonyl (C=O) groups is 2. The van der Waals surface area contributed by atoms with Crippen LogP contribution in [0.5, 0.6) is 0 Å². The van der Waals surface area contributed by atoms with Gasteiger partial charge in [0.2, 0.25) is 11.8 Å². The first kappa shape index (κ1) is 16.2. The van der Waals surface area contributed by atoms with Crippen LogP contribution in [0.2, 0.25) is 0 Å². The van der Waals surface area contributed by atoms with Crippen LogP contribution in [0, 0.1) is 11.8 Å². The van der Waals surface area contributed by atoms with Gasteiger partial charge in [0.1, 0.15) is 0 Å². The highest BCUT2D eigenvalue weighted by Crippen LogP contribution is 2.37. The molecule has 0 aromatic heterocycles. The highest BCUT2D eigenvalue weighted by molar-refractivity contribution is 5.80. The first-order valence-electron chi connectivity index (χ1n) is 7.76. The third-order valence-electron chi connectivity index (χ3n) is 4.42. The van der Waals surface area contributed by atoms with Crippen molar-refractivity contribution in [1.29, 1.82) is 0 Å². The van der Waals surface area contributed by atoms with Crippen LogP contribution in [0.1, 0.15) is 45.4 Å². The normalized spacial score (nSPS) is 26.4. The molecule has 0 aromatic rings. The van der Waals surface area contributed by atoms with Gasteiger partial charge in [-0.2, -0.15) is 0 Å². The van der Waals surface area contributed by atoms with Crippen LogP contribution < -0.4 is 0 Å². The zero-order chi connectivity index (χ0) is 15.5. The summed E-state index contributed by atoms with van der Waals surface area (Å²) in [5, 5.41) is 0. The maximum Gasteiger partial charge on any atom is 0.310 e. The number of nitrogens with zero attached hydrogens (tertiary/aromatic N) is 1. The maximum atomic E-state index is 13.2. The van der Waals surface area contributed by atoms with Crippen molar-refractivity contribution < 1.29 is 23.1 Å². The smallest absolute Gasteiger partial charge is 0.310 e. The van der Waals surface area contributed by atoms with Gasteiger partial charge in [-0.1, -0.05) is 0 Å². The maximum absolute atomic E-state index is 13.2. The molecular weight excluding hydrogens is 280 g/mol. The van der Waals surface area contributed by atoms with Crippen LogP contribution >= 0.6 is 0 Å². The number of amides is 1. The average Bonchev–Trinajstić information content (AvgIpc) is 2.47. The summed E-state index contributed by atoms with van der Waals surface area (Å²) in [7, 11) is 0. The van der Waals surface area contributed by atoms with Gasteiger partial charge in [-0.15, -0.1) is 0 Å². The molecule has 21 heavy (non-hydrogen) atoms. The monoisotopic (exact) mass is 303 g/mol. The van der Waals surface area contributed by atoms with Crippen molar-refractivity contribution in [2.24, 2.45) is 11.8 Å². The number of rotatable bonds is 3. The number of halogens is 2. The van der Waals surface area contributed by atoms with E-state index in [4.69, 9.17) is 4.74 Å². The topological polar surface area (TPSA) is 46.6 Å². The SMILES string of the molecule is CCOC(=O)C1CCCN(C(=O)C2CCC(F)(F)CC2)C1. The van der Waals surface area contributed by atoms with E-state index in [-0.39, 0.29) is 49.4 Å². The predicted octanol–water partition coefficient (Wildman–Crippen LogP) is 2.61. The quantitative estimate of drug-likeness (QED) is 0.753. The van der Waals surface area contributed by atoms with Gasteiger partial charge in [0, 0.05) is 31.8 Å². The second kappa shape index (κ2) is 6.71. The molecule has 1 unspecified atom stereocenters. The van der Waals surface area contributed by atoms with Crippen molar-refractivity contribution in [3.8, 4) is 0 Å². The molecule has 1 heterocycles. The van der Waals surface area contributed by atoms with Gasteiger partial charge < -0.3 is 9.64 Å². The van der Waals surface area contributed by atoms with Gasteiger partial charge in [-0.3, -0.25) is 9.59 Å². The number of ether oxygens (including phenoxy) is 1. The van der Waals surface area contributed by atoms with Crippen molar-refractivity contribution >= 4 is 11.9 Å². The first-order valence-corrected chi connectivity index (χ1v) is 7.76. The summed E-state index contributed by atoms with van der Waals surface area (Å²) in [4.78, 5) is 25.9. The van der Waals surface area contributed by atoms with Gasteiger partial charge in [-0.25, -0.2) is 8.78 Å². The van der Waals surface area contributed by atoms with Crippen LogP contribution in [0.4, 0.5) is 8.78 Å². The molecule has 2 fully saturated rings. The Hall–Kier alpha value is -1.20. The lowest BCUT2D eigenvalue weighted by Gasteiger charge is -2.36. The summed E-state index contributed by atoms with van der Waals surface area (Å²) in [5.41, 5.74) is 0. The lowest BCUT2D eigenvalue weighted by atomic mass is 9.85. The van der Waals surface area contributed by atoms with Crippen molar-refractivity contribution in [3.63, 3.8) is 0 Å². The molecule has 0 N–H and O–H groups in total. The standard InChI is InChI=1S/C15H23F2NO3/c1-2-21-14(20)12-4-3-9-18(10-12)13(19)11-5-7-15(16,17)8-6-11/h11-12H,2-10H2,1H3. The largest absolute Gasteiger partial charge is 0.466 e. The second-order valence-electron chi connectivity index (χ2n) is 6.01. The summed E-state index contributed by atoms with van der Waals surface area (Å²) in [6, 6.07) is 0. The molecule has 1 amide bonds. The van der Waals surface area contributed by atoms with E-state index in [9.17, 15) is 18.4 Å². The summed E-state index contributed by atoms with van der Waals surface area (Å²) >= 11 is 0. The number of hydrogen-bond donors (Lipinski definition) is 0. The van der Waals surface area contributed by atoms with Gasteiger partial charge in [-0.05, 0) is 32.6 Å². The third kappa shape index (κ3) is 4.14. The molecular formula is C15H23F2NO3. The molecule has 1 aliphatic carbocycles. The minimum Gasteiger partial charge on any atom is -0.466 e. The van der Waals surface area contributed by atoms with Crippen LogP contribution in [-0.4, -0.2) is 42.4 Å². The molecule has 0 spiro atoms. The summed E-state index contributed by atoms with van der Waals surface area (Å²) < 4.78 is 31.3. The molecule has 1 aliphatic heterocycles. The van der Waals surface area contributed by atoms with E-state index in [0.29, 0.717) is 19.7 Å². The number of piperidine rings is 1. The molecule has 120 valence electrons. The lowest BCUT2D eigenvalue weighted by molar-refractivity contribution is -0.152. The van der Waals surface area contributed by atoms with E-state index in [1.807, 2.05) is 0 Å². The molecule has 1 saturated heterocycles. The molecule has 4 nitrogen and oxygen atoms in total. The van der Waals surface area contributed by atoms with Gasteiger partial charge in [0.05, 0.1) is 12.5 Å². The van der Waals surface area contributed by atoms with Crippen LogP contribution in [0.3, 0.4) is 0 Å². The minimum atomic E-state index is -2.62. The third-order valence-corrected chi connectivity index (χ3v) is 4.42.